The molecule has 0 aliphatic heterocycles. The third-order valence-corrected chi connectivity index (χ3v) is 2.61. The van der Waals surface area contributed by atoms with Crippen LogP contribution >= 0.6 is 0 Å². The summed E-state index contributed by atoms with van der Waals surface area (Å²) in [6.45, 7) is 3.05. The van der Waals surface area contributed by atoms with E-state index in [9.17, 15) is 0 Å². The molecule has 1 radical (unpaired) electrons. The summed E-state index contributed by atoms with van der Waals surface area (Å²) in [6.07, 6.45) is 1.09. The van der Waals surface area contributed by atoms with E-state index in [0.717, 1.165) is 18.7 Å². The van der Waals surface area contributed by atoms with E-state index >= 15 is 0 Å². The maximum Gasteiger partial charge on any atom is 0.0400 e. The Morgan fingerprint density at radius 2 is 1.81 bits per heavy atom. The largest absolute Gasteiger partial charge is 0.381 e. The van der Waals surface area contributed by atoms with Crippen LogP contribution in [0.25, 0.3) is 0 Å². The van der Waals surface area contributed by atoms with E-state index in [-0.39, 0.29) is 0 Å². The predicted octanol–water partition coefficient (Wildman–Crippen LogP) is 3.66. The van der Waals surface area contributed by atoms with Crippen molar-refractivity contribution in [1.82, 2.24) is 0 Å². The monoisotopic (exact) mass is 210 g/mol. The van der Waals surface area contributed by atoms with Gasteiger partial charge in [-0.15, -0.1) is 0 Å². The highest BCUT2D eigenvalue weighted by atomic mass is 14.9. The highest BCUT2D eigenvalue weighted by molar-refractivity contribution is 5.43. The maximum atomic E-state index is 3.39. The Labute approximate surface area is 97.1 Å². The van der Waals surface area contributed by atoms with Crippen LogP contribution in [0.2, 0.25) is 0 Å². The van der Waals surface area contributed by atoms with Crippen molar-refractivity contribution in [3.8, 4) is 0 Å². The fourth-order valence-corrected chi connectivity index (χ4v) is 1.67. The molecule has 1 heteroatoms. The van der Waals surface area contributed by atoms with E-state index in [1.807, 2.05) is 24.3 Å². The lowest BCUT2D eigenvalue weighted by Crippen LogP contribution is -1.99. The number of hydrogen-bond acceptors (Lipinski definition) is 1. The average Bonchev–Trinajstić information content (AvgIpc) is 2.38. The smallest absolute Gasteiger partial charge is 0.0400 e. The third-order valence-electron chi connectivity index (χ3n) is 2.61. The molecule has 0 bridgehead atoms. The van der Waals surface area contributed by atoms with Crippen LogP contribution in [0, 0.1) is 6.07 Å². The summed E-state index contributed by atoms with van der Waals surface area (Å²) in [5.74, 6) is 0. The standard InChI is InChI=1S/C15H16N/c1-2-13-7-6-8-14(11-13)12-16-15-9-4-3-5-10-15/h4-11,16H,2,12H2,1H3. The van der Waals surface area contributed by atoms with Gasteiger partial charge in [0.1, 0.15) is 0 Å². The molecule has 0 spiro atoms. The van der Waals surface area contributed by atoms with E-state index < -0.39 is 0 Å². The zero-order valence-corrected chi connectivity index (χ0v) is 9.53. The van der Waals surface area contributed by atoms with Gasteiger partial charge in [-0.25, -0.2) is 0 Å². The lowest BCUT2D eigenvalue weighted by Gasteiger charge is -2.07. The first-order valence-corrected chi connectivity index (χ1v) is 5.66. The molecule has 81 valence electrons. The normalized spacial score (nSPS) is 10.1. The van der Waals surface area contributed by atoms with Crippen molar-refractivity contribution in [3.05, 3.63) is 65.7 Å². The quantitative estimate of drug-likeness (QED) is 0.812. The Hall–Kier alpha value is -1.76. The molecule has 0 amide bonds. The van der Waals surface area contributed by atoms with Crippen LogP contribution in [0.1, 0.15) is 18.1 Å². The van der Waals surface area contributed by atoms with Crippen LogP contribution in [-0.2, 0) is 13.0 Å². The van der Waals surface area contributed by atoms with Crippen LogP contribution in [-0.4, -0.2) is 0 Å². The van der Waals surface area contributed by atoms with Crippen molar-refractivity contribution in [2.45, 2.75) is 19.9 Å². The molecular weight excluding hydrogens is 194 g/mol. The van der Waals surface area contributed by atoms with E-state index in [1.165, 1.54) is 11.1 Å². The molecule has 2 rings (SSSR count). The molecule has 0 saturated carbocycles. The van der Waals surface area contributed by atoms with E-state index in [0.29, 0.717) is 0 Å². The lowest BCUT2D eigenvalue weighted by atomic mass is 10.1. The molecule has 0 heterocycles. The molecule has 2 aromatic carbocycles. The van der Waals surface area contributed by atoms with Crippen molar-refractivity contribution in [3.63, 3.8) is 0 Å². The molecule has 0 fully saturated rings. The number of anilines is 1. The first kappa shape index (κ1) is 10.7. The molecule has 1 N–H and O–H groups in total. The third kappa shape index (κ3) is 2.86. The highest BCUT2D eigenvalue weighted by Crippen LogP contribution is 2.10. The molecule has 1 nitrogen and oxygen atoms in total. The van der Waals surface area contributed by atoms with E-state index in [4.69, 9.17) is 0 Å². The molecule has 16 heavy (non-hydrogen) atoms. The molecule has 0 unspecified atom stereocenters. The molecule has 0 aromatic heterocycles. The van der Waals surface area contributed by atoms with Gasteiger partial charge in [0.05, 0.1) is 0 Å². The second-order valence-corrected chi connectivity index (χ2v) is 3.82. The Kier molecular flexibility index (Phi) is 3.60. The SMILES string of the molecule is CCc1cccc(CNc2cc[c]cc2)c1. The van der Waals surface area contributed by atoms with Crippen LogP contribution in [0.4, 0.5) is 5.69 Å². The van der Waals surface area contributed by atoms with E-state index in [2.05, 4.69) is 42.6 Å². The van der Waals surface area contributed by atoms with Gasteiger partial charge in [-0.3, -0.25) is 0 Å². The van der Waals surface area contributed by atoms with Gasteiger partial charge in [-0.2, -0.15) is 0 Å². The van der Waals surface area contributed by atoms with Crippen molar-refractivity contribution < 1.29 is 0 Å². The van der Waals surface area contributed by atoms with Gasteiger partial charge in [0.15, 0.2) is 0 Å². The van der Waals surface area contributed by atoms with Crippen molar-refractivity contribution in [1.29, 1.82) is 0 Å². The topological polar surface area (TPSA) is 12.0 Å². The molecule has 0 aliphatic carbocycles. The van der Waals surface area contributed by atoms with Crippen LogP contribution < -0.4 is 5.32 Å². The van der Waals surface area contributed by atoms with Gasteiger partial charge >= 0.3 is 0 Å². The minimum atomic E-state index is 0.873. The second kappa shape index (κ2) is 5.36. The van der Waals surface area contributed by atoms with Gasteiger partial charge in [-0.1, -0.05) is 43.3 Å². The summed E-state index contributed by atoms with van der Waals surface area (Å²) in [7, 11) is 0. The van der Waals surface area contributed by atoms with Crippen LogP contribution in [0.5, 0.6) is 0 Å². The molecule has 0 atom stereocenters. The summed E-state index contributed by atoms with van der Waals surface area (Å²) in [5, 5.41) is 3.39. The average molecular weight is 210 g/mol. The Morgan fingerprint density at radius 3 is 2.56 bits per heavy atom. The first-order chi connectivity index (χ1) is 7.88. The number of hydrogen-bond donors (Lipinski definition) is 1. The number of nitrogens with one attached hydrogen (secondary N) is 1. The maximum absolute atomic E-state index is 3.39. The minimum absolute atomic E-state index is 0.873. The molecule has 2 aromatic rings. The number of benzene rings is 2. The minimum Gasteiger partial charge on any atom is -0.381 e. The van der Waals surface area contributed by atoms with Gasteiger partial charge in [-0.05, 0) is 35.7 Å². The second-order valence-electron chi connectivity index (χ2n) is 3.82. The Morgan fingerprint density at radius 1 is 1.06 bits per heavy atom. The first-order valence-electron chi connectivity index (χ1n) is 5.66. The summed E-state index contributed by atoms with van der Waals surface area (Å²) in [4.78, 5) is 0. The summed E-state index contributed by atoms with van der Waals surface area (Å²) < 4.78 is 0. The van der Waals surface area contributed by atoms with Crippen LogP contribution in [0.3, 0.4) is 0 Å². The van der Waals surface area contributed by atoms with Crippen molar-refractivity contribution >= 4 is 5.69 Å². The lowest BCUT2D eigenvalue weighted by molar-refractivity contribution is 1.09. The Bertz CT molecular complexity index is 434. The van der Waals surface area contributed by atoms with Gasteiger partial charge in [0.25, 0.3) is 0 Å². The molecular formula is C15H16N. The molecule has 0 aliphatic rings. The van der Waals surface area contributed by atoms with Gasteiger partial charge < -0.3 is 5.32 Å². The zero-order valence-electron chi connectivity index (χ0n) is 9.53. The zero-order chi connectivity index (χ0) is 11.2. The van der Waals surface area contributed by atoms with E-state index in [1.54, 1.807) is 0 Å². The fraction of sp³-hybridized carbons (Fsp3) is 0.200. The number of aryl methyl sites for hydroxylation is 1. The summed E-state index contributed by atoms with van der Waals surface area (Å²) in [5.41, 5.74) is 3.86. The Balaban J connectivity index is 1.99. The fourth-order valence-electron chi connectivity index (χ4n) is 1.67. The number of rotatable bonds is 4. The summed E-state index contributed by atoms with van der Waals surface area (Å²) in [6, 6.07) is 19.6. The van der Waals surface area contributed by atoms with Gasteiger partial charge in [0.2, 0.25) is 0 Å². The highest BCUT2D eigenvalue weighted by Gasteiger charge is 1.94. The van der Waals surface area contributed by atoms with Crippen LogP contribution in [0.15, 0.2) is 48.5 Å². The van der Waals surface area contributed by atoms with Crippen molar-refractivity contribution in [2.24, 2.45) is 0 Å². The summed E-state index contributed by atoms with van der Waals surface area (Å²) >= 11 is 0. The predicted molar refractivity (Wildman–Crippen MR) is 68.4 cm³/mol. The van der Waals surface area contributed by atoms with Gasteiger partial charge in [0, 0.05) is 12.2 Å². The molecule has 0 saturated heterocycles. The van der Waals surface area contributed by atoms with Crippen molar-refractivity contribution in [2.75, 3.05) is 5.32 Å².